The Bertz CT molecular complexity index is 1050. The van der Waals surface area contributed by atoms with Gasteiger partial charge in [-0.05, 0) is 51.1 Å². The van der Waals surface area contributed by atoms with Crippen LogP contribution in [0.1, 0.15) is 53.1 Å². The number of hydrogen-bond acceptors (Lipinski definition) is 5. The van der Waals surface area contributed by atoms with E-state index in [4.69, 9.17) is 20.9 Å². The molecule has 1 aliphatic heterocycles. The largest absolute Gasteiger partial charge is 0.485 e. The number of ketones is 1. The Morgan fingerprint density at radius 2 is 1.87 bits per heavy atom. The number of nitrogens with one attached hydrogen (secondary N) is 1. The summed E-state index contributed by atoms with van der Waals surface area (Å²) in [6, 6.07) is 10.0. The molecule has 8 nitrogen and oxygen atoms in total. The number of hydrogen-bond donors (Lipinski definition) is 3. The molecule has 10 heteroatoms. The maximum atomic E-state index is 12.9. The molecular formula is C20H21ClNO7P. The van der Waals surface area contributed by atoms with E-state index < -0.39 is 31.5 Å². The molecule has 2 aromatic rings. The van der Waals surface area contributed by atoms with Crippen molar-refractivity contribution in [2.24, 2.45) is 0 Å². The van der Waals surface area contributed by atoms with Crippen LogP contribution in [0, 0.1) is 0 Å². The van der Waals surface area contributed by atoms with Gasteiger partial charge in [0.25, 0.3) is 5.91 Å². The lowest BCUT2D eigenvalue weighted by atomic mass is 9.85. The van der Waals surface area contributed by atoms with Crippen LogP contribution in [0.3, 0.4) is 0 Å². The maximum absolute atomic E-state index is 12.9. The third kappa shape index (κ3) is 4.74. The number of amides is 1. The van der Waals surface area contributed by atoms with E-state index >= 15 is 0 Å². The fourth-order valence-electron chi connectivity index (χ4n) is 3.36. The number of fused-ring (bicyclic) bond motifs is 1. The second-order valence-electron chi connectivity index (χ2n) is 7.46. The van der Waals surface area contributed by atoms with Crippen molar-refractivity contribution >= 4 is 31.1 Å². The van der Waals surface area contributed by atoms with Crippen LogP contribution in [-0.2, 0) is 9.09 Å². The predicted octanol–water partition coefficient (Wildman–Crippen LogP) is 3.66. The summed E-state index contributed by atoms with van der Waals surface area (Å²) in [6.07, 6.45) is -1.26. The second kappa shape index (κ2) is 8.13. The number of Topliss-reactive ketones (excluding diaryl/α,β-unsaturated/α-hetero) is 1. The molecule has 0 saturated heterocycles. The van der Waals surface area contributed by atoms with Gasteiger partial charge in [0.1, 0.15) is 17.5 Å². The van der Waals surface area contributed by atoms with Gasteiger partial charge in [-0.25, -0.2) is 4.57 Å². The van der Waals surface area contributed by atoms with Gasteiger partial charge in [-0.1, -0.05) is 23.7 Å². The van der Waals surface area contributed by atoms with E-state index in [1.165, 1.54) is 19.1 Å². The molecule has 0 fully saturated rings. The van der Waals surface area contributed by atoms with Crippen molar-refractivity contribution in [1.29, 1.82) is 0 Å². The lowest BCUT2D eigenvalue weighted by Crippen LogP contribution is -2.54. The highest BCUT2D eigenvalue weighted by Crippen LogP contribution is 2.49. The minimum Gasteiger partial charge on any atom is -0.485 e. The van der Waals surface area contributed by atoms with Crippen LogP contribution in [0.4, 0.5) is 0 Å². The van der Waals surface area contributed by atoms with E-state index in [0.717, 1.165) is 0 Å². The van der Waals surface area contributed by atoms with Crippen molar-refractivity contribution in [3.05, 3.63) is 64.2 Å². The molecule has 3 N–H and O–H groups in total. The molecule has 0 radical (unpaired) electrons. The summed E-state index contributed by atoms with van der Waals surface area (Å²) in [5, 5.41) is 2.96. The average Bonchev–Trinajstić information content (AvgIpc) is 2.63. The molecule has 0 aromatic heterocycles. The molecule has 3 rings (SSSR count). The van der Waals surface area contributed by atoms with E-state index in [0.29, 0.717) is 16.9 Å². The smallest absolute Gasteiger partial charge is 0.470 e. The molecule has 1 amide bonds. The van der Waals surface area contributed by atoms with Crippen molar-refractivity contribution < 1.29 is 33.2 Å². The van der Waals surface area contributed by atoms with E-state index in [9.17, 15) is 23.9 Å². The fourth-order valence-corrected chi connectivity index (χ4v) is 4.26. The Kier molecular flexibility index (Phi) is 6.09. The van der Waals surface area contributed by atoms with Crippen molar-refractivity contribution in [1.82, 2.24) is 5.32 Å². The molecule has 0 aliphatic carbocycles. The molecule has 0 bridgehead atoms. The van der Waals surface area contributed by atoms with Crippen molar-refractivity contribution in [2.45, 2.75) is 38.5 Å². The van der Waals surface area contributed by atoms with Crippen LogP contribution < -0.4 is 10.1 Å². The lowest BCUT2D eigenvalue weighted by Gasteiger charge is -2.44. The minimum absolute atomic E-state index is 0.183. The zero-order chi connectivity index (χ0) is 22.3. The maximum Gasteiger partial charge on any atom is 0.470 e. The molecule has 30 heavy (non-hydrogen) atoms. The van der Waals surface area contributed by atoms with Crippen molar-refractivity contribution in [3.8, 4) is 5.75 Å². The van der Waals surface area contributed by atoms with Crippen LogP contribution in [0.2, 0.25) is 5.02 Å². The molecule has 1 heterocycles. The molecule has 1 aliphatic rings. The Morgan fingerprint density at radius 3 is 2.47 bits per heavy atom. The highest BCUT2D eigenvalue weighted by molar-refractivity contribution is 7.46. The van der Waals surface area contributed by atoms with E-state index in [2.05, 4.69) is 5.32 Å². The topological polar surface area (TPSA) is 122 Å². The first kappa shape index (κ1) is 22.5. The number of phosphoric acid groups is 1. The first-order valence-electron chi connectivity index (χ1n) is 9.02. The quantitative estimate of drug-likeness (QED) is 0.466. The number of halogens is 1. The Labute approximate surface area is 178 Å². The van der Waals surface area contributed by atoms with Gasteiger partial charge in [-0.2, -0.15) is 0 Å². The summed E-state index contributed by atoms with van der Waals surface area (Å²) in [5.41, 5.74) is -0.322. The molecule has 0 saturated carbocycles. The summed E-state index contributed by atoms with van der Waals surface area (Å²) in [6.45, 7) is 4.56. The van der Waals surface area contributed by atoms with Gasteiger partial charge in [0.15, 0.2) is 5.78 Å². The standard InChI is InChI=1S/C20H21ClNO7P/c1-11(23)12-8-9-16-14(10-12)17(18(20(2,3)28-16)29-30(25,26)27)22-19(24)13-6-4-5-7-15(13)21/h4-10,17-18H,1-3H3,(H,22,24)(H2,25,26,27)/t17-,18-/m1/s1. The zero-order valence-corrected chi connectivity index (χ0v) is 18.1. The monoisotopic (exact) mass is 453 g/mol. The van der Waals surface area contributed by atoms with E-state index in [1.54, 1.807) is 44.2 Å². The molecule has 2 aromatic carbocycles. The van der Waals surface area contributed by atoms with Crippen LogP contribution in [0.5, 0.6) is 5.75 Å². The van der Waals surface area contributed by atoms with Gasteiger partial charge in [0.2, 0.25) is 0 Å². The lowest BCUT2D eigenvalue weighted by molar-refractivity contribution is -0.0597. The van der Waals surface area contributed by atoms with Gasteiger partial charge < -0.3 is 19.8 Å². The van der Waals surface area contributed by atoms with Gasteiger partial charge in [-0.3, -0.25) is 14.1 Å². The highest BCUT2D eigenvalue weighted by atomic mass is 35.5. The van der Waals surface area contributed by atoms with Gasteiger partial charge in [-0.15, -0.1) is 0 Å². The summed E-state index contributed by atoms with van der Waals surface area (Å²) >= 11 is 6.12. The Hall–Kier alpha value is -2.22. The number of benzene rings is 2. The Morgan fingerprint density at radius 1 is 1.20 bits per heavy atom. The van der Waals surface area contributed by atoms with Crippen LogP contribution in [0.15, 0.2) is 42.5 Å². The van der Waals surface area contributed by atoms with Crippen LogP contribution in [0.25, 0.3) is 0 Å². The molecule has 160 valence electrons. The normalized spacial score (nSPS) is 20.1. The third-order valence-electron chi connectivity index (χ3n) is 4.77. The number of rotatable bonds is 5. The minimum atomic E-state index is -4.94. The van der Waals surface area contributed by atoms with E-state index in [-0.39, 0.29) is 16.4 Å². The fraction of sp³-hybridized carbons (Fsp3) is 0.300. The summed E-state index contributed by atoms with van der Waals surface area (Å²) in [5.74, 6) is -0.423. The van der Waals surface area contributed by atoms with E-state index in [1.807, 2.05) is 0 Å². The summed E-state index contributed by atoms with van der Waals surface area (Å²) in [7, 11) is -4.94. The first-order chi connectivity index (χ1) is 13.9. The summed E-state index contributed by atoms with van der Waals surface area (Å²) in [4.78, 5) is 43.7. The second-order valence-corrected chi connectivity index (χ2v) is 9.06. The van der Waals surface area contributed by atoms with Crippen molar-refractivity contribution in [3.63, 3.8) is 0 Å². The van der Waals surface area contributed by atoms with Crippen LogP contribution in [-0.4, -0.2) is 33.2 Å². The van der Waals surface area contributed by atoms with Gasteiger partial charge >= 0.3 is 7.82 Å². The molecule has 0 spiro atoms. The summed E-state index contributed by atoms with van der Waals surface area (Å²) < 4.78 is 22.6. The number of carbonyl (C=O) groups excluding carboxylic acids is 2. The number of phosphoric ester groups is 1. The third-order valence-corrected chi connectivity index (χ3v) is 5.60. The SMILES string of the molecule is CC(=O)c1ccc2c(c1)[C@@H](NC(=O)c1ccccc1Cl)[C@@H](OP(=O)(O)O)C(C)(C)O2. The molecule has 0 unspecified atom stereocenters. The predicted molar refractivity (Wildman–Crippen MR) is 110 cm³/mol. The molecular weight excluding hydrogens is 433 g/mol. The van der Waals surface area contributed by atoms with Crippen LogP contribution >= 0.6 is 19.4 Å². The number of carbonyl (C=O) groups is 2. The number of ether oxygens (including phenoxy) is 1. The highest BCUT2D eigenvalue weighted by Gasteiger charge is 2.48. The first-order valence-corrected chi connectivity index (χ1v) is 10.9. The Balaban J connectivity index is 2.11. The molecule has 2 atom stereocenters. The zero-order valence-electron chi connectivity index (χ0n) is 16.5. The van der Waals surface area contributed by atoms with Gasteiger partial charge in [0, 0.05) is 11.1 Å². The van der Waals surface area contributed by atoms with Gasteiger partial charge in [0.05, 0.1) is 16.6 Å². The average molecular weight is 454 g/mol. The van der Waals surface area contributed by atoms with Crippen molar-refractivity contribution in [2.75, 3.05) is 0 Å².